The normalized spacial score (nSPS) is 21.0. The molecule has 0 aromatic heterocycles. The van der Waals surface area contributed by atoms with Gasteiger partial charge in [-0.05, 0) is 82.2 Å². The van der Waals surface area contributed by atoms with Gasteiger partial charge in [0.1, 0.15) is 0 Å². The zero-order valence-electron chi connectivity index (χ0n) is 20.3. The Hall–Kier alpha value is -1.97. The summed E-state index contributed by atoms with van der Waals surface area (Å²) >= 11 is 0. The molecule has 0 radical (unpaired) electrons. The van der Waals surface area contributed by atoms with Crippen molar-refractivity contribution >= 4 is 27.5 Å². The highest BCUT2D eigenvalue weighted by molar-refractivity contribution is 7.89. The Morgan fingerprint density at radius 3 is 2.26 bits per heavy atom. The number of hydrogen-bond acceptors (Lipinski definition) is 5. The third-order valence-corrected chi connectivity index (χ3v) is 9.33. The van der Waals surface area contributed by atoms with Crippen molar-refractivity contribution in [3.8, 4) is 0 Å². The number of nitrogens with one attached hydrogen (secondary N) is 1. The van der Waals surface area contributed by atoms with E-state index in [1.54, 1.807) is 22.5 Å². The lowest BCUT2D eigenvalue weighted by molar-refractivity contribution is -0.131. The quantitative estimate of drug-likeness (QED) is 0.635. The van der Waals surface area contributed by atoms with Gasteiger partial charge in [-0.15, -0.1) is 0 Å². The molecule has 9 heteroatoms. The van der Waals surface area contributed by atoms with Crippen molar-refractivity contribution in [3.05, 3.63) is 23.8 Å². The smallest absolute Gasteiger partial charge is 0.243 e. The number of hydrogen-bond donors (Lipinski definition) is 1. The van der Waals surface area contributed by atoms with Crippen molar-refractivity contribution in [2.24, 2.45) is 5.92 Å². The number of nitrogens with zero attached hydrogens (tertiary/aromatic N) is 3. The van der Waals surface area contributed by atoms with Crippen LogP contribution >= 0.6 is 0 Å². The molecule has 0 saturated carbocycles. The van der Waals surface area contributed by atoms with Crippen molar-refractivity contribution in [2.45, 2.75) is 63.2 Å². The lowest BCUT2D eigenvalue weighted by Crippen LogP contribution is -2.40. The number of carbonyl (C=O) groups is 2. The molecule has 2 amide bonds. The molecular formula is C25H38N4O4S. The summed E-state index contributed by atoms with van der Waals surface area (Å²) in [4.78, 5) is 29.5. The Labute approximate surface area is 203 Å². The fourth-order valence-corrected chi connectivity index (χ4v) is 6.78. The molecule has 0 spiro atoms. The molecule has 1 aromatic rings. The standard InChI is InChI=1S/C25H38N4O4S/c1-20-7-8-22(34(32,33)29-13-3-2-4-14-29)18-23(20)26-24(30)19-27-15-9-21(10-16-27)17-25(31)28-11-5-6-12-28/h7-8,18,21H,2-6,9-17,19H2,1H3,(H,26,30). The molecule has 0 unspecified atom stereocenters. The summed E-state index contributed by atoms with van der Waals surface area (Å²) in [6, 6.07) is 4.98. The predicted molar refractivity (Wildman–Crippen MR) is 132 cm³/mol. The van der Waals surface area contributed by atoms with Gasteiger partial charge in [0.2, 0.25) is 21.8 Å². The molecule has 4 rings (SSSR count). The first-order chi connectivity index (χ1) is 16.3. The van der Waals surface area contributed by atoms with E-state index in [0.717, 1.165) is 76.7 Å². The fraction of sp³-hybridized carbons (Fsp3) is 0.680. The van der Waals surface area contributed by atoms with Crippen LogP contribution in [0.15, 0.2) is 23.1 Å². The van der Waals surface area contributed by atoms with Gasteiger partial charge in [-0.2, -0.15) is 4.31 Å². The zero-order valence-corrected chi connectivity index (χ0v) is 21.1. The zero-order chi connectivity index (χ0) is 24.1. The summed E-state index contributed by atoms with van der Waals surface area (Å²) in [5.74, 6) is 0.539. The molecule has 3 heterocycles. The second-order valence-corrected chi connectivity index (χ2v) is 11.9. The number of carbonyl (C=O) groups excluding carboxylic acids is 2. The first-order valence-corrected chi connectivity index (χ1v) is 14.2. The molecule has 3 fully saturated rings. The lowest BCUT2D eigenvalue weighted by atomic mass is 9.93. The molecule has 34 heavy (non-hydrogen) atoms. The van der Waals surface area contributed by atoms with Gasteiger partial charge in [0, 0.05) is 38.3 Å². The summed E-state index contributed by atoms with van der Waals surface area (Å²) in [6.45, 7) is 6.65. The van der Waals surface area contributed by atoms with E-state index in [0.29, 0.717) is 31.1 Å². The Balaban J connectivity index is 1.28. The SMILES string of the molecule is Cc1ccc(S(=O)(=O)N2CCCCC2)cc1NC(=O)CN1CCC(CC(=O)N2CCCC2)CC1. The van der Waals surface area contributed by atoms with Crippen molar-refractivity contribution in [1.29, 1.82) is 0 Å². The van der Waals surface area contributed by atoms with Crippen molar-refractivity contribution < 1.29 is 18.0 Å². The van der Waals surface area contributed by atoms with Crippen LogP contribution in [0, 0.1) is 12.8 Å². The van der Waals surface area contributed by atoms with Crippen molar-refractivity contribution in [1.82, 2.24) is 14.1 Å². The Kier molecular flexibility index (Phi) is 8.26. The molecule has 8 nitrogen and oxygen atoms in total. The fourth-order valence-electron chi connectivity index (χ4n) is 5.23. The van der Waals surface area contributed by atoms with Gasteiger partial charge in [0.15, 0.2) is 0 Å². The van der Waals surface area contributed by atoms with Crippen LogP contribution in [0.3, 0.4) is 0 Å². The van der Waals surface area contributed by atoms with E-state index in [-0.39, 0.29) is 23.3 Å². The Morgan fingerprint density at radius 1 is 0.941 bits per heavy atom. The maximum atomic E-state index is 13.0. The number of aryl methyl sites for hydroxylation is 1. The Morgan fingerprint density at radius 2 is 1.59 bits per heavy atom. The van der Waals surface area contributed by atoms with Crippen LogP contribution in [-0.2, 0) is 19.6 Å². The third kappa shape index (κ3) is 6.17. The molecule has 3 aliphatic rings. The molecule has 3 aliphatic heterocycles. The highest BCUT2D eigenvalue weighted by Crippen LogP contribution is 2.26. The number of amides is 2. The number of anilines is 1. The first-order valence-electron chi connectivity index (χ1n) is 12.7. The van der Waals surface area contributed by atoms with Gasteiger partial charge in [-0.3, -0.25) is 14.5 Å². The van der Waals surface area contributed by atoms with Crippen LogP contribution < -0.4 is 5.32 Å². The van der Waals surface area contributed by atoms with Crippen LogP contribution in [0.2, 0.25) is 0 Å². The monoisotopic (exact) mass is 490 g/mol. The molecule has 0 aliphatic carbocycles. The van der Waals surface area contributed by atoms with E-state index in [1.165, 1.54) is 0 Å². The molecule has 3 saturated heterocycles. The second-order valence-electron chi connectivity index (χ2n) is 10.0. The van der Waals surface area contributed by atoms with Gasteiger partial charge >= 0.3 is 0 Å². The molecular weight excluding hydrogens is 452 g/mol. The van der Waals surface area contributed by atoms with Gasteiger partial charge < -0.3 is 10.2 Å². The molecule has 188 valence electrons. The number of sulfonamides is 1. The van der Waals surface area contributed by atoms with Crippen LogP contribution in [0.25, 0.3) is 0 Å². The van der Waals surface area contributed by atoms with Gasteiger partial charge in [0.05, 0.1) is 11.4 Å². The van der Waals surface area contributed by atoms with Crippen molar-refractivity contribution in [2.75, 3.05) is 51.1 Å². The highest BCUT2D eigenvalue weighted by atomic mass is 32.2. The van der Waals surface area contributed by atoms with Crippen molar-refractivity contribution in [3.63, 3.8) is 0 Å². The first kappa shape index (κ1) is 25.1. The van der Waals surface area contributed by atoms with E-state index in [1.807, 2.05) is 11.8 Å². The van der Waals surface area contributed by atoms with E-state index in [9.17, 15) is 18.0 Å². The summed E-state index contributed by atoms with van der Waals surface area (Å²) < 4.78 is 27.6. The van der Waals surface area contributed by atoms with Gasteiger partial charge in [0.25, 0.3) is 0 Å². The number of likely N-dealkylation sites (tertiary alicyclic amines) is 2. The Bertz CT molecular complexity index is 977. The summed E-state index contributed by atoms with van der Waals surface area (Å²) in [6.07, 6.45) is 7.54. The van der Waals surface area contributed by atoms with E-state index in [2.05, 4.69) is 10.2 Å². The lowest BCUT2D eigenvalue weighted by Gasteiger charge is -2.32. The van der Waals surface area contributed by atoms with Crippen LogP contribution in [0.1, 0.15) is 56.9 Å². The molecule has 1 aromatic carbocycles. The van der Waals surface area contributed by atoms with Crippen LogP contribution in [-0.4, -0.2) is 80.2 Å². The van der Waals surface area contributed by atoms with E-state index < -0.39 is 10.0 Å². The van der Waals surface area contributed by atoms with Gasteiger partial charge in [-0.1, -0.05) is 12.5 Å². The topological polar surface area (TPSA) is 90.0 Å². The average molecular weight is 491 g/mol. The third-order valence-electron chi connectivity index (χ3n) is 7.43. The van der Waals surface area contributed by atoms with Gasteiger partial charge in [-0.25, -0.2) is 8.42 Å². The maximum Gasteiger partial charge on any atom is 0.243 e. The van der Waals surface area contributed by atoms with E-state index in [4.69, 9.17) is 0 Å². The largest absolute Gasteiger partial charge is 0.343 e. The molecule has 0 bridgehead atoms. The minimum atomic E-state index is -3.55. The molecule has 1 N–H and O–H groups in total. The average Bonchev–Trinajstić information content (AvgIpc) is 3.37. The summed E-state index contributed by atoms with van der Waals surface area (Å²) in [5, 5.41) is 2.93. The summed E-state index contributed by atoms with van der Waals surface area (Å²) in [7, 11) is -3.55. The number of rotatable bonds is 7. The minimum Gasteiger partial charge on any atom is -0.343 e. The van der Waals surface area contributed by atoms with Crippen LogP contribution in [0.4, 0.5) is 5.69 Å². The highest BCUT2D eigenvalue weighted by Gasteiger charge is 2.28. The van der Waals surface area contributed by atoms with Crippen LogP contribution in [0.5, 0.6) is 0 Å². The number of piperidine rings is 2. The minimum absolute atomic E-state index is 0.137. The van der Waals surface area contributed by atoms with E-state index >= 15 is 0 Å². The predicted octanol–water partition coefficient (Wildman–Crippen LogP) is 2.83. The summed E-state index contributed by atoms with van der Waals surface area (Å²) in [5.41, 5.74) is 1.39. The second kappa shape index (κ2) is 11.2. The number of benzene rings is 1. The molecule has 0 atom stereocenters. The maximum absolute atomic E-state index is 13.0.